The van der Waals surface area contributed by atoms with Gasteiger partial charge in [-0.3, -0.25) is 14.5 Å². The van der Waals surface area contributed by atoms with Crippen LogP contribution in [0.1, 0.15) is 45.3 Å². The molecule has 0 radical (unpaired) electrons. The standard InChI is InChI=1S/C26H30FN3O6/c1-15-19(16(2)28-21(15)26(34)35-3)23(31)20-22(17-7-4-5-8-18(17)27)30(25(33)24(20)32)10-6-9-29-11-13-36-14-12-29/h4-5,7-8,22,28,31H,6,9-14H2,1-3H3/b23-20+. The summed E-state index contributed by atoms with van der Waals surface area (Å²) in [6.45, 7) is 6.97. The topological polar surface area (TPSA) is 112 Å². The third-order valence-corrected chi connectivity index (χ3v) is 6.78. The molecule has 192 valence electrons. The summed E-state index contributed by atoms with van der Waals surface area (Å²) in [6.07, 6.45) is 0.562. The molecule has 2 saturated heterocycles. The van der Waals surface area contributed by atoms with Crippen molar-refractivity contribution in [1.29, 1.82) is 0 Å². The number of methoxy groups -OCH3 is 1. The Morgan fingerprint density at radius 1 is 1.19 bits per heavy atom. The van der Waals surface area contributed by atoms with Crippen LogP contribution in [0.15, 0.2) is 29.8 Å². The summed E-state index contributed by atoms with van der Waals surface area (Å²) in [5.74, 6) is -3.38. The molecule has 0 bridgehead atoms. The number of aryl methyl sites for hydroxylation is 1. The highest BCUT2D eigenvalue weighted by Crippen LogP contribution is 2.41. The molecule has 4 rings (SSSR count). The van der Waals surface area contributed by atoms with Crippen LogP contribution in [0.3, 0.4) is 0 Å². The van der Waals surface area contributed by atoms with E-state index in [1.165, 1.54) is 30.2 Å². The first-order valence-corrected chi connectivity index (χ1v) is 11.9. The van der Waals surface area contributed by atoms with Gasteiger partial charge in [-0.1, -0.05) is 18.2 Å². The summed E-state index contributed by atoms with van der Waals surface area (Å²) in [7, 11) is 1.23. The van der Waals surface area contributed by atoms with Crippen molar-refractivity contribution in [3.8, 4) is 0 Å². The summed E-state index contributed by atoms with van der Waals surface area (Å²) >= 11 is 0. The molecule has 1 unspecified atom stereocenters. The van der Waals surface area contributed by atoms with E-state index in [2.05, 4.69) is 9.88 Å². The van der Waals surface area contributed by atoms with Crippen molar-refractivity contribution in [2.75, 3.05) is 46.5 Å². The van der Waals surface area contributed by atoms with Crippen LogP contribution in [-0.4, -0.2) is 84.1 Å². The number of carbonyl (C=O) groups excluding carboxylic acids is 3. The monoisotopic (exact) mass is 499 g/mol. The number of rotatable bonds is 7. The lowest BCUT2D eigenvalue weighted by molar-refractivity contribution is -0.140. The number of aliphatic hydroxyl groups excluding tert-OH is 1. The molecule has 2 aromatic rings. The number of ether oxygens (including phenoxy) is 2. The number of aliphatic hydroxyl groups is 1. The van der Waals surface area contributed by atoms with Gasteiger partial charge in [0.1, 0.15) is 17.3 Å². The molecular weight excluding hydrogens is 469 g/mol. The van der Waals surface area contributed by atoms with Crippen LogP contribution in [0.25, 0.3) is 5.76 Å². The van der Waals surface area contributed by atoms with Gasteiger partial charge in [-0.15, -0.1) is 0 Å². The van der Waals surface area contributed by atoms with E-state index in [0.29, 0.717) is 37.4 Å². The third-order valence-electron chi connectivity index (χ3n) is 6.78. The predicted molar refractivity (Wildman–Crippen MR) is 129 cm³/mol. The van der Waals surface area contributed by atoms with Gasteiger partial charge in [0.15, 0.2) is 0 Å². The molecule has 36 heavy (non-hydrogen) atoms. The molecule has 2 fully saturated rings. The van der Waals surface area contributed by atoms with Crippen molar-refractivity contribution in [2.45, 2.75) is 26.3 Å². The van der Waals surface area contributed by atoms with Crippen molar-refractivity contribution in [1.82, 2.24) is 14.8 Å². The second-order valence-corrected chi connectivity index (χ2v) is 8.94. The van der Waals surface area contributed by atoms with Crippen molar-refractivity contribution >= 4 is 23.4 Å². The number of ketones is 1. The molecule has 2 N–H and O–H groups in total. The maximum Gasteiger partial charge on any atom is 0.354 e. The fourth-order valence-corrected chi connectivity index (χ4v) is 4.97. The number of hydrogen-bond donors (Lipinski definition) is 2. The van der Waals surface area contributed by atoms with Crippen molar-refractivity contribution in [3.63, 3.8) is 0 Å². The molecule has 10 heteroatoms. The van der Waals surface area contributed by atoms with Gasteiger partial charge in [-0.05, 0) is 31.9 Å². The van der Waals surface area contributed by atoms with Gasteiger partial charge < -0.3 is 24.5 Å². The SMILES string of the molecule is COC(=O)c1[nH]c(C)c(/C(O)=C2\C(=O)C(=O)N(CCCN3CCOCC3)C2c2ccccc2F)c1C. The average Bonchev–Trinajstić information content (AvgIpc) is 3.31. The number of hydrogen-bond acceptors (Lipinski definition) is 7. The van der Waals surface area contributed by atoms with Gasteiger partial charge in [0.2, 0.25) is 0 Å². The number of aromatic amines is 1. The van der Waals surface area contributed by atoms with E-state index < -0.39 is 35.3 Å². The second-order valence-electron chi connectivity index (χ2n) is 8.94. The first-order valence-electron chi connectivity index (χ1n) is 11.9. The summed E-state index contributed by atoms with van der Waals surface area (Å²) in [5, 5.41) is 11.4. The number of amides is 1. The number of esters is 1. The number of H-pyrrole nitrogens is 1. The first kappa shape index (κ1) is 25.6. The van der Waals surface area contributed by atoms with Gasteiger partial charge >= 0.3 is 5.97 Å². The number of nitrogens with zero attached hydrogens (tertiary/aromatic N) is 2. The lowest BCUT2D eigenvalue weighted by atomic mass is 9.93. The molecule has 0 aliphatic carbocycles. The quantitative estimate of drug-likeness (QED) is 0.261. The minimum absolute atomic E-state index is 0.114. The summed E-state index contributed by atoms with van der Waals surface area (Å²) in [4.78, 5) is 45.0. The summed E-state index contributed by atoms with van der Waals surface area (Å²) in [6, 6.07) is 4.79. The van der Waals surface area contributed by atoms with Crippen LogP contribution < -0.4 is 0 Å². The maximum absolute atomic E-state index is 15.0. The van der Waals surface area contributed by atoms with E-state index in [4.69, 9.17) is 9.47 Å². The van der Waals surface area contributed by atoms with Gasteiger partial charge in [-0.2, -0.15) is 0 Å². The van der Waals surface area contributed by atoms with Crippen molar-refractivity contribution < 1.29 is 33.4 Å². The van der Waals surface area contributed by atoms with Gasteiger partial charge in [0.05, 0.1) is 31.9 Å². The van der Waals surface area contributed by atoms with Crippen LogP contribution in [0, 0.1) is 19.7 Å². The van der Waals surface area contributed by atoms with E-state index in [0.717, 1.165) is 13.1 Å². The van der Waals surface area contributed by atoms with Gasteiger partial charge in [0.25, 0.3) is 11.7 Å². The lowest BCUT2D eigenvalue weighted by Gasteiger charge is -2.29. The Morgan fingerprint density at radius 2 is 1.89 bits per heavy atom. The van der Waals surface area contributed by atoms with Crippen LogP contribution in [0.4, 0.5) is 4.39 Å². The largest absolute Gasteiger partial charge is 0.507 e. The fourth-order valence-electron chi connectivity index (χ4n) is 4.97. The fraction of sp³-hybridized carbons (Fsp3) is 0.423. The predicted octanol–water partition coefficient (Wildman–Crippen LogP) is 2.70. The zero-order chi connectivity index (χ0) is 26.0. The van der Waals surface area contributed by atoms with E-state index in [1.807, 2.05) is 0 Å². The number of morpholine rings is 1. The van der Waals surface area contributed by atoms with Crippen molar-refractivity contribution in [2.24, 2.45) is 0 Å². The molecule has 2 aliphatic rings. The number of likely N-dealkylation sites (tertiary alicyclic amines) is 1. The van der Waals surface area contributed by atoms with Crippen LogP contribution in [0.5, 0.6) is 0 Å². The Balaban J connectivity index is 1.76. The molecule has 3 heterocycles. The van der Waals surface area contributed by atoms with Crippen LogP contribution in [0.2, 0.25) is 0 Å². The van der Waals surface area contributed by atoms with Gasteiger partial charge in [0, 0.05) is 43.0 Å². The zero-order valence-corrected chi connectivity index (χ0v) is 20.6. The molecular formula is C26H30FN3O6. The lowest BCUT2D eigenvalue weighted by Crippen LogP contribution is -2.39. The number of nitrogens with one attached hydrogen (secondary N) is 1. The van der Waals surface area contributed by atoms with Crippen LogP contribution in [-0.2, 0) is 19.1 Å². The molecule has 2 aliphatic heterocycles. The highest BCUT2D eigenvalue weighted by Gasteiger charge is 2.47. The molecule has 0 saturated carbocycles. The first-order chi connectivity index (χ1) is 17.3. The van der Waals surface area contributed by atoms with Crippen molar-refractivity contribution in [3.05, 3.63) is 63.7 Å². The molecule has 1 aromatic heterocycles. The molecule has 1 atom stereocenters. The normalized spacial score (nSPS) is 20.2. The Hall–Kier alpha value is -3.50. The number of carbonyl (C=O) groups is 3. The number of Topliss-reactive ketones (excluding diaryl/α,β-unsaturated/α-hetero) is 1. The highest BCUT2D eigenvalue weighted by atomic mass is 19.1. The van der Waals surface area contributed by atoms with Crippen LogP contribution >= 0.6 is 0 Å². The van der Waals surface area contributed by atoms with E-state index >= 15 is 0 Å². The molecule has 0 spiro atoms. The van der Waals surface area contributed by atoms with E-state index in [-0.39, 0.29) is 28.9 Å². The Bertz CT molecular complexity index is 1210. The zero-order valence-electron chi connectivity index (χ0n) is 20.6. The maximum atomic E-state index is 15.0. The van der Waals surface area contributed by atoms with E-state index in [9.17, 15) is 23.9 Å². The molecule has 1 amide bonds. The minimum Gasteiger partial charge on any atom is -0.507 e. The van der Waals surface area contributed by atoms with E-state index in [1.54, 1.807) is 19.9 Å². The number of halogens is 1. The average molecular weight is 500 g/mol. The van der Waals surface area contributed by atoms with Gasteiger partial charge in [-0.25, -0.2) is 9.18 Å². The smallest absolute Gasteiger partial charge is 0.354 e. The Kier molecular flexibility index (Phi) is 7.56. The second kappa shape index (κ2) is 10.6. The third kappa shape index (κ3) is 4.66. The summed E-state index contributed by atoms with van der Waals surface area (Å²) < 4.78 is 25.1. The molecule has 1 aromatic carbocycles. The number of aromatic nitrogens is 1. The highest BCUT2D eigenvalue weighted by molar-refractivity contribution is 6.46. The Labute approximate surface area is 208 Å². The minimum atomic E-state index is -1.11. The number of benzene rings is 1. The molecule has 9 nitrogen and oxygen atoms in total. The summed E-state index contributed by atoms with van der Waals surface area (Å²) in [5.41, 5.74) is 1.02. The Morgan fingerprint density at radius 3 is 2.56 bits per heavy atom.